The molecule has 0 radical (unpaired) electrons. The molecule has 3 rings (SSSR count). The number of rotatable bonds is 8. The zero-order chi connectivity index (χ0) is 19.2. The molecule has 0 aliphatic rings. The lowest BCUT2D eigenvalue weighted by Gasteiger charge is -2.15. The van der Waals surface area contributed by atoms with Crippen LogP contribution in [0.15, 0.2) is 47.8 Å². The van der Waals surface area contributed by atoms with Gasteiger partial charge in [0.05, 0.1) is 19.9 Å². The zero-order valence-electron chi connectivity index (χ0n) is 16.4. The molecule has 1 aromatic heterocycles. The molecule has 0 amide bonds. The van der Waals surface area contributed by atoms with Gasteiger partial charge in [-0.2, -0.15) is 0 Å². The second kappa shape index (κ2) is 9.02. The summed E-state index contributed by atoms with van der Waals surface area (Å²) in [5, 5.41) is 3.12. The number of aryl methyl sites for hydroxylation is 1. The summed E-state index contributed by atoms with van der Waals surface area (Å²) in [6, 6.07) is 14.8. The van der Waals surface area contributed by atoms with E-state index in [1.165, 1.54) is 11.1 Å². The Bertz CT molecular complexity index is 874. The largest absolute Gasteiger partial charge is 0.493 e. The SMILES string of the molecule is CCc1ccc(CN(C)Cc2csc(-c3ccc(OC)c(OC)c3)n2)cc1. The molecule has 0 bridgehead atoms. The molecule has 0 N–H and O–H groups in total. The second-order valence-corrected chi connectivity index (χ2v) is 7.41. The van der Waals surface area contributed by atoms with Crippen molar-refractivity contribution in [2.24, 2.45) is 0 Å². The quantitative estimate of drug-likeness (QED) is 0.548. The Hall–Kier alpha value is -2.37. The summed E-state index contributed by atoms with van der Waals surface area (Å²) in [6.07, 6.45) is 1.08. The van der Waals surface area contributed by atoms with E-state index >= 15 is 0 Å². The van der Waals surface area contributed by atoms with Gasteiger partial charge >= 0.3 is 0 Å². The summed E-state index contributed by atoms with van der Waals surface area (Å²) in [7, 11) is 5.42. The van der Waals surface area contributed by atoms with Crippen molar-refractivity contribution >= 4 is 11.3 Å². The molecular weight excluding hydrogens is 356 g/mol. The third-order valence-electron chi connectivity index (χ3n) is 4.50. The maximum absolute atomic E-state index is 5.40. The monoisotopic (exact) mass is 382 g/mol. The molecule has 2 aromatic carbocycles. The van der Waals surface area contributed by atoms with E-state index in [0.29, 0.717) is 0 Å². The number of hydrogen-bond donors (Lipinski definition) is 0. The van der Waals surface area contributed by atoms with Crippen molar-refractivity contribution in [2.45, 2.75) is 26.4 Å². The van der Waals surface area contributed by atoms with Crippen LogP contribution in [0.5, 0.6) is 11.5 Å². The molecule has 0 saturated heterocycles. The molecule has 27 heavy (non-hydrogen) atoms. The van der Waals surface area contributed by atoms with Crippen molar-refractivity contribution in [3.05, 3.63) is 64.7 Å². The Morgan fingerprint density at radius 1 is 0.926 bits per heavy atom. The smallest absolute Gasteiger partial charge is 0.161 e. The van der Waals surface area contributed by atoms with Crippen molar-refractivity contribution in [1.29, 1.82) is 0 Å². The lowest BCUT2D eigenvalue weighted by molar-refractivity contribution is 0.316. The first-order valence-electron chi connectivity index (χ1n) is 9.06. The molecule has 142 valence electrons. The van der Waals surface area contributed by atoms with Gasteiger partial charge in [-0.15, -0.1) is 11.3 Å². The summed E-state index contributed by atoms with van der Waals surface area (Å²) >= 11 is 1.65. The van der Waals surface area contributed by atoms with Crippen molar-refractivity contribution in [1.82, 2.24) is 9.88 Å². The number of nitrogens with zero attached hydrogens (tertiary/aromatic N) is 2. The van der Waals surface area contributed by atoms with Crippen LogP contribution in [0.2, 0.25) is 0 Å². The number of aromatic nitrogens is 1. The number of hydrogen-bond acceptors (Lipinski definition) is 5. The maximum Gasteiger partial charge on any atom is 0.161 e. The molecule has 4 nitrogen and oxygen atoms in total. The lowest BCUT2D eigenvalue weighted by Crippen LogP contribution is -2.17. The number of methoxy groups -OCH3 is 2. The molecule has 0 aliphatic carbocycles. The van der Waals surface area contributed by atoms with Gasteiger partial charge in [0.15, 0.2) is 11.5 Å². The van der Waals surface area contributed by atoms with Crippen LogP contribution in [0.3, 0.4) is 0 Å². The minimum atomic E-state index is 0.722. The van der Waals surface area contributed by atoms with Gasteiger partial charge < -0.3 is 9.47 Å². The topological polar surface area (TPSA) is 34.6 Å². The van der Waals surface area contributed by atoms with E-state index in [2.05, 4.69) is 48.5 Å². The minimum absolute atomic E-state index is 0.722. The number of ether oxygens (including phenoxy) is 2. The fourth-order valence-corrected chi connectivity index (χ4v) is 3.81. The number of benzene rings is 2. The van der Waals surface area contributed by atoms with Crippen LogP contribution in [-0.4, -0.2) is 31.2 Å². The van der Waals surface area contributed by atoms with Gasteiger partial charge in [0, 0.05) is 24.0 Å². The molecule has 0 saturated carbocycles. The third-order valence-corrected chi connectivity index (χ3v) is 5.44. The van der Waals surface area contributed by atoms with E-state index in [-0.39, 0.29) is 0 Å². The molecule has 3 aromatic rings. The molecule has 0 unspecified atom stereocenters. The Morgan fingerprint density at radius 3 is 2.30 bits per heavy atom. The minimum Gasteiger partial charge on any atom is -0.493 e. The van der Waals surface area contributed by atoms with E-state index < -0.39 is 0 Å². The third kappa shape index (κ3) is 4.87. The Labute approximate surface area is 165 Å². The van der Waals surface area contributed by atoms with Crippen LogP contribution in [0.1, 0.15) is 23.7 Å². The van der Waals surface area contributed by atoms with Crippen molar-refractivity contribution < 1.29 is 9.47 Å². The van der Waals surface area contributed by atoms with E-state index in [0.717, 1.165) is 47.3 Å². The highest BCUT2D eigenvalue weighted by Crippen LogP contribution is 2.33. The van der Waals surface area contributed by atoms with Crippen molar-refractivity contribution in [3.8, 4) is 22.1 Å². The standard InChI is InChI=1S/C22H26N2O2S/c1-5-16-6-8-17(9-7-16)13-24(2)14-19-15-27-22(23-19)18-10-11-20(25-3)21(12-18)26-4/h6-12,15H,5,13-14H2,1-4H3. The van der Waals surface area contributed by atoms with Crippen LogP contribution in [0.25, 0.3) is 10.6 Å². The lowest BCUT2D eigenvalue weighted by atomic mass is 10.1. The van der Waals surface area contributed by atoms with Gasteiger partial charge in [-0.3, -0.25) is 4.90 Å². The van der Waals surface area contributed by atoms with E-state index in [1.807, 2.05) is 18.2 Å². The molecular formula is C22H26N2O2S. The van der Waals surface area contributed by atoms with E-state index in [1.54, 1.807) is 25.6 Å². The summed E-state index contributed by atoms with van der Waals surface area (Å²) < 4.78 is 10.7. The van der Waals surface area contributed by atoms with Crippen molar-refractivity contribution in [3.63, 3.8) is 0 Å². The highest BCUT2D eigenvalue weighted by atomic mass is 32.1. The molecule has 0 aliphatic heterocycles. The Balaban J connectivity index is 1.66. The predicted molar refractivity (Wildman–Crippen MR) is 112 cm³/mol. The van der Waals surface area contributed by atoms with Gasteiger partial charge in [-0.25, -0.2) is 4.98 Å². The van der Waals surface area contributed by atoms with Crippen LogP contribution in [-0.2, 0) is 19.5 Å². The van der Waals surface area contributed by atoms with Gasteiger partial charge in [-0.05, 0) is 42.8 Å². The normalized spacial score (nSPS) is 11.0. The average Bonchev–Trinajstić information content (AvgIpc) is 3.16. The molecule has 0 spiro atoms. The molecule has 0 atom stereocenters. The summed E-state index contributed by atoms with van der Waals surface area (Å²) in [5.41, 5.74) is 4.82. The second-order valence-electron chi connectivity index (χ2n) is 6.56. The van der Waals surface area contributed by atoms with Crippen LogP contribution >= 0.6 is 11.3 Å². The summed E-state index contributed by atoms with van der Waals surface area (Å²) in [4.78, 5) is 7.09. The fraction of sp³-hybridized carbons (Fsp3) is 0.318. The van der Waals surface area contributed by atoms with E-state index in [9.17, 15) is 0 Å². The van der Waals surface area contributed by atoms with Crippen LogP contribution < -0.4 is 9.47 Å². The predicted octanol–water partition coefficient (Wildman–Crippen LogP) is 5.02. The Kier molecular flexibility index (Phi) is 6.48. The molecule has 1 heterocycles. The van der Waals surface area contributed by atoms with E-state index in [4.69, 9.17) is 14.5 Å². The summed E-state index contributed by atoms with van der Waals surface area (Å²) in [5.74, 6) is 1.45. The van der Waals surface area contributed by atoms with Crippen LogP contribution in [0.4, 0.5) is 0 Å². The van der Waals surface area contributed by atoms with Gasteiger partial charge in [-0.1, -0.05) is 31.2 Å². The van der Waals surface area contributed by atoms with Gasteiger partial charge in [0.25, 0.3) is 0 Å². The van der Waals surface area contributed by atoms with Crippen LogP contribution in [0, 0.1) is 0 Å². The fourth-order valence-electron chi connectivity index (χ4n) is 3.01. The first-order valence-corrected chi connectivity index (χ1v) is 9.94. The highest BCUT2D eigenvalue weighted by molar-refractivity contribution is 7.13. The number of thiazole rings is 1. The zero-order valence-corrected chi connectivity index (χ0v) is 17.2. The first-order chi connectivity index (χ1) is 13.1. The highest BCUT2D eigenvalue weighted by Gasteiger charge is 2.11. The Morgan fingerprint density at radius 2 is 1.63 bits per heavy atom. The van der Waals surface area contributed by atoms with Crippen molar-refractivity contribution in [2.75, 3.05) is 21.3 Å². The summed E-state index contributed by atoms with van der Waals surface area (Å²) in [6.45, 7) is 3.91. The maximum atomic E-state index is 5.40. The van der Waals surface area contributed by atoms with Gasteiger partial charge in [0.1, 0.15) is 5.01 Å². The first kappa shape index (κ1) is 19.4. The molecule has 0 fully saturated rings. The van der Waals surface area contributed by atoms with Gasteiger partial charge in [0.2, 0.25) is 0 Å². The average molecular weight is 383 g/mol. The molecule has 5 heteroatoms.